The summed E-state index contributed by atoms with van der Waals surface area (Å²) in [7, 11) is 0. The smallest absolute Gasteiger partial charge is 0.371 e. The van der Waals surface area contributed by atoms with E-state index in [2.05, 4.69) is 20.1 Å². The van der Waals surface area contributed by atoms with Crippen molar-refractivity contribution in [3.05, 3.63) is 12.2 Å². The number of halogens is 3. The molecule has 2 heterocycles. The predicted molar refractivity (Wildman–Crippen MR) is 57.0 cm³/mol. The number of aromatic nitrogens is 3. The number of nitrogens with zero attached hydrogens (tertiary/aromatic N) is 3. The maximum atomic E-state index is 11.8. The van der Waals surface area contributed by atoms with Crippen LogP contribution in [0, 0.1) is 0 Å². The Morgan fingerprint density at radius 2 is 2.33 bits per heavy atom. The summed E-state index contributed by atoms with van der Waals surface area (Å²) in [5.41, 5.74) is 0. The molecule has 8 heteroatoms. The third-order valence-corrected chi connectivity index (χ3v) is 2.75. The third-order valence-electron chi connectivity index (χ3n) is 2.75. The molecule has 0 unspecified atom stereocenters. The Kier molecular flexibility index (Phi) is 4.18. The molecular weight excluding hydrogens is 249 g/mol. The lowest BCUT2D eigenvalue weighted by atomic mass is 10.1. The van der Waals surface area contributed by atoms with Crippen LogP contribution in [0.3, 0.4) is 0 Å². The topological polar surface area (TPSA) is 52.0 Å². The van der Waals surface area contributed by atoms with Gasteiger partial charge in [-0.05, 0) is 6.42 Å². The van der Waals surface area contributed by atoms with Gasteiger partial charge in [-0.1, -0.05) is 0 Å². The second-order valence-corrected chi connectivity index (χ2v) is 4.22. The van der Waals surface area contributed by atoms with Gasteiger partial charge in [0.15, 0.2) is 0 Å². The minimum absolute atomic E-state index is 0.0558. The molecule has 102 valence electrons. The quantitative estimate of drug-likeness (QED) is 0.798. The molecule has 1 aromatic rings. The summed E-state index contributed by atoms with van der Waals surface area (Å²) in [5, 5.41) is 7.23. The molecule has 18 heavy (non-hydrogen) atoms. The van der Waals surface area contributed by atoms with Crippen molar-refractivity contribution < 1.29 is 17.9 Å². The summed E-state index contributed by atoms with van der Waals surface area (Å²) in [6.07, 6.45) is -0.982. The Balaban J connectivity index is 1.61. The molecule has 0 fully saturated rings. The van der Waals surface area contributed by atoms with Gasteiger partial charge < -0.3 is 10.1 Å². The molecule has 2 rings (SSSR count). The molecule has 0 amide bonds. The van der Waals surface area contributed by atoms with Crippen molar-refractivity contribution in [3.8, 4) is 0 Å². The Bertz CT molecular complexity index is 379. The van der Waals surface area contributed by atoms with Crippen LogP contribution in [0.4, 0.5) is 13.2 Å². The van der Waals surface area contributed by atoms with Gasteiger partial charge in [0.2, 0.25) is 0 Å². The fourth-order valence-electron chi connectivity index (χ4n) is 1.93. The van der Waals surface area contributed by atoms with Gasteiger partial charge in [-0.3, -0.25) is 0 Å². The van der Waals surface area contributed by atoms with Crippen molar-refractivity contribution in [1.82, 2.24) is 20.1 Å². The van der Waals surface area contributed by atoms with E-state index < -0.39 is 12.8 Å². The zero-order valence-electron chi connectivity index (χ0n) is 9.78. The molecule has 0 saturated carbocycles. The van der Waals surface area contributed by atoms with Crippen molar-refractivity contribution in [1.29, 1.82) is 0 Å². The molecule has 0 saturated heterocycles. The maximum Gasteiger partial charge on any atom is 0.411 e. The van der Waals surface area contributed by atoms with Crippen LogP contribution >= 0.6 is 0 Å². The van der Waals surface area contributed by atoms with Gasteiger partial charge in [0.05, 0.1) is 13.2 Å². The van der Waals surface area contributed by atoms with E-state index in [1.54, 1.807) is 0 Å². The van der Waals surface area contributed by atoms with Gasteiger partial charge in [0.25, 0.3) is 0 Å². The van der Waals surface area contributed by atoms with Crippen LogP contribution in [-0.4, -0.2) is 46.7 Å². The van der Waals surface area contributed by atoms with Crippen molar-refractivity contribution >= 4 is 0 Å². The molecule has 0 radical (unpaired) electrons. The summed E-state index contributed by atoms with van der Waals surface area (Å²) in [5.74, 6) is 0.960. The first-order chi connectivity index (χ1) is 8.54. The molecule has 0 aromatic carbocycles. The van der Waals surface area contributed by atoms with Crippen LogP contribution in [0.2, 0.25) is 0 Å². The minimum atomic E-state index is -4.25. The number of fused-ring (bicyclic) bond motifs is 1. The van der Waals surface area contributed by atoms with Gasteiger partial charge in [0.1, 0.15) is 18.8 Å². The Morgan fingerprint density at radius 1 is 1.50 bits per heavy atom. The Morgan fingerprint density at radius 3 is 3.11 bits per heavy atom. The number of alkyl halides is 3. The highest BCUT2D eigenvalue weighted by molar-refractivity contribution is 4.92. The minimum Gasteiger partial charge on any atom is -0.371 e. The summed E-state index contributed by atoms with van der Waals surface area (Å²) >= 11 is 0. The average molecular weight is 264 g/mol. The lowest BCUT2D eigenvalue weighted by Gasteiger charge is -2.23. The monoisotopic (exact) mass is 264 g/mol. The highest BCUT2D eigenvalue weighted by atomic mass is 19.4. The van der Waals surface area contributed by atoms with Crippen molar-refractivity contribution in [3.63, 3.8) is 0 Å². The summed E-state index contributed by atoms with van der Waals surface area (Å²) < 4.78 is 41.7. The molecule has 0 aliphatic carbocycles. The van der Waals surface area contributed by atoms with Crippen molar-refractivity contribution in [2.75, 3.05) is 19.8 Å². The van der Waals surface area contributed by atoms with E-state index in [1.807, 2.05) is 4.68 Å². The van der Waals surface area contributed by atoms with Crippen LogP contribution in [0.1, 0.15) is 12.2 Å². The number of aryl methyl sites for hydroxylation is 1. The van der Waals surface area contributed by atoms with Crippen LogP contribution in [0.15, 0.2) is 6.33 Å². The number of rotatable bonds is 5. The molecule has 1 atom stereocenters. The maximum absolute atomic E-state index is 11.8. The molecule has 0 spiro atoms. The highest BCUT2D eigenvalue weighted by Crippen LogP contribution is 2.14. The first-order valence-electron chi connectivity index (χ1n) is 5.79. The number of hydrogen-bond acceptors (Lipinski definition) is 4. The van der Waals surface area contributed by atoms with E-state index in [-0.39, 0.29) is 12.6 Å². The van der Waals surface area contributed by atoms with Crippen LogP contribution in [-0.2, 0) is 17.7 Å². The fraction of sp³-hybridized carbons (Fsp3) is 0.800. The largest absolute Gasteiger partial charge is 0.411 e. The van der Waals surface area contributed by atoms with E-state index in [0.29, 0.717) is 13.1 Å². The number of ether oxygens (including phenoxy) is 1. The molecular formula is C10H15F3N4O. The van der Waals surface area contributed by atoms with Crippen LogP contribution < -0.4 is 5.32 Å². The number of hydrogen-bond donors (Lipinski definition) is 1. The van der Waals surface area contributed by atoms with Gasteiger partial charge in [-0.25, -0.2) is 9.67 Å². The standard InChI is InChI=1S/C10H15F3N4O/c11-10(12,13)6-18-4-3-14-8-1-2-9-15-7-16-17(9)5-8/h7-8,14H,1-6H2/t8-/m1/s1. The van der Waals surface area contributed by atoms with Crippen molar-refractivity contribution in [2.45, 2.75) is 31.6 Å². The molecule has 1 N–H and O–H groups in total. The fourth-order valence-corrected chi connectivity index (χ4v) is 1.93. The normalized spacial score (nSPS) is 19.8. The zero-order valence-corrected chi connectivity index (χ0v) is 9.78. The second-order valence-electron chi connectivity index (χ2n) is 4.22. The average Bonchev–Trinajstić information content (AvgIpc) is 2.74. The predicted octanol–water partition coefficient (Wildman–Crippen LogP) is 0.761. The van der Waals surface area contributed by atoms with E-state index in [4.69, 9.17) is 0 Å². The van der Waals surface area contributed by atoms with Gasteiger partial charge in [-0.2, -0.15) is 18.3 Å². The van der Waals surface area contributed by atoms with E-state index in [0.717, 1.165) is 18.7 Å². The second kappa shape index (κ2) is 5.66. The van der Waals surface area contributed by atoms with Crippen molar-refractivity contribution in [2.24, 2.45) is 0 Å². The van der Waals surface area contributed by atoms with Gasteiger partial charge >= 0.3 is 6.18 Å². The van der Waals surface area contributed by atoms with Gasteiger partial charge in [0, 0.05) is 19.0 Å². The van der Waals surface area contributed by atoms with E-state index in [9.17, 15) is 13.2 Å². The molecule has 5 nitrogen and oxygen atoms in total. The molecule has 0 bridgehead atoms. The SMILES string of the molecule is FC(F)(F)COCCN[C@@H]1CCc2ncnn2C1. The third kappa shape index (κ3) is 3.95. The van der Waals surface area contributed by atoms with Crippen LogP contribution in [0.5, 0.6) is 0 Å². The lowest BCUT2D eigenvalue weighted by molar-refractivity contribution is -0.173. The summed E-state index contributed by atoms with van der Waals surface area (Å²) in [4.78, 5) is 4.10. The molecule has 1 aromatic heterocycles. The van der Waals surface area contributed by atoms with E-state index in [1.165, 1.54) is 6.33 Å². The first-order valence-corrected chi connectivity index (χ1v) is 5.79. The first kappa shape index (κ1) is 13.3. The summed E-state index contributed by atoms with van der Waals surface area (Å²) in [6, 6.07) is 0.216. The lowest BCUT2D eigenvalue weighted by Crippen LogP contribution is -2.39. The van der Waals surface area contributed by atoms with Crippen LogP contribution in [0.25, 0.3) is 0 Å². The van der Waals surface area contributed by atoms with E-state index >= 15 is 0 Å². The Labute approximate surface area is 102 Å². The van der Waals surface area contributed by atoms with Gasteiger partial charge in [-0.15, -0.1) is 0 Å². The molecule has 1 aliphatic heterocycles. The highest BCUT2D eigenvalue weighted by Gasteiger charge is 2.27. The summed E-state index contributed by atoms with van der Waals surface area (Å²) in [6.45, 7) is -0.0217. The number of nitrogens with one attached hydrogen (secondary N) is 1. The zero-order chi connectivity index (χ0) is 13.0. The molecule has 1 aliphatic rings. The Hall–Kier alpha value is -1.15.